The molecule has 6 heteroatoms. The molecular weight excluding hydrogens is 391 g/mol. The van der Waals surface area contributed by atoms with Crippen molar-refractivity contribution in [1.29, 1.82) is 0 Å². The van der Waals surface area contributed by atoms with E-state index in [1.807, 2.05) is 18.3 Å². The maximum Gasteiger partial charge on any atom is 0.213 e. The molecule has 0 N–H and O–H groups in total. The zero-order valence-corrected chi connectivity index (χ0v) is 18.6. The van der Waals surface area contributed by atoms with Gasteiger partial charge in [-0.1, -0.05) is 13.0 Å². The molecule has 31 heavy (non-hydrogen) atoms. The third-order valence-corrected chi connectivity index (χ3v) is 6.68. The summed E-state index contributed by atoms with van der Waals surface area (Å²) in [5.41, 5.74) is 4.62. The van der Waals surface area contributed by atoms with E-state index in [4.69, 9.17) is 0 Å². The molecule has 1 aromatic carbocycles. The number of hydrogen-bond acceptors (Lipinski definition) is 4. The van der Waals surface area contributed by atoms with Crippen LogP contribution in [-0.2, 0) is 10.2 Å². The molecule has 1 amide bonds. The number of carbonyl (C=O) groups is 1. The number of nitrogens with zero attached hydrogens (tertiary/aromatic N) is 4. The number of aromatic nitrogens is 2. The second kappa shape index (κ2) is 8.35. The zero-order chi connectivity index (χ0) is 22.2. The summed E-state index contributed by atoms with van der Waals surface area (Å²) in [6.07, 6.45) is 6.21. The van der Waals surface area contributed by atoms with Crippen molar-refractivity contribution in [3.63, 3.8) is 0 Å². The molecule has 0 atom stereocenters. The fourth-order valence-electron chi connectivity index (χ4n) is 4.65. The summed E-state index contributed by atoms with van der Waals surface area (Å²) in [5.74, 6) is -0.494. The average Bonchev–Trinajstić information content (AvgIpc) is 2.78. The Morgan fingerprint density at radius 2 is 1.81 bits per heavy atom. The van der Waals surface area contributed by atoms with Gasteiger partial charge in [-0.3, -0.25) is 9.78 Å². The lowest BCUT2D eigenvalue weighted by Gasteiger charge is -2.43. The molecule has 0 saturated carbocycles. The van der Waals surface area contributed by atoms with Crippen LogP contribution >= 0.6 is 0 Å². The number of anilines is 1. The Morgan fingerprint density at radius 3 is 2.42 bits per heavy atom. The number of amides is 1. The summed E-state index contributed by atoms with van der Waals surface area (Å²) in [4.78, 5) is 24.3. The Balaban J connectivity index is 1.88. The summed E-state index contributed by atoms with van der Waals surface area (Å²) in [7, 11) is 1.78. The van der Waals surface area contributed by atoms with Gasteiger partial charge in [0, 0.05) is 30.2 Å². The molecule has 3 aromatic rings. The Morgan fingerprint density at radius 1 is 1.10 bits per heavy atom. The number of rotatable bonds is 5. The lowest BCUT2D eigenvalue weighted by Crippen LogP contribution is -2.44. The number of benzene rings is 1. The molecule has 0 aliphatic carbocycles. The number of halogens is 1. The second-order valence-corrected chi connectivity index (χ2v) is 9.03. The monoisotopic (exact) mass is 420 g/mol. The number of hydrogen-bond donors (Lipinski definition) is 0. The molecule has 2 aromatic heterocycles. The van der Waals surface area contributed by atoms with Gasteiger partial charge in [0.05, 0.1) is 17.4 Å². The van der Waals surface area contributed by atoms with E-state index in [1.165, 1.54) is 6.07 Å². The van der Waals surface area contributed by atoms with Gasteiger partial charge in [0.25, 0.3) is 0 Å². The minimum atomic E-state index is -0.494. The van der Waals surface area contributed by atoms with E-state index in [2.05, 4.69) is 41.7 Å². The summed E-state index contributed by atoms with van der Waals surface area (Å²) in [6.45, 7) is 8.81. The standard InChI is InChI=1S/C25H29FN4O/c1-17(2)30-11-9-25(3,10-12-30)24-20-13-18(19-6-8-23(26)28-14-19)5-7-21(20)27-15-22(24)29(4)16-31/h5-8,13-17H,9-12H2,1-4H3. The Bertz CT molecular complexity index is 1090. The van der Waals surface area contributed by atoms with Gasteiger partial charge in [-0.25, -0.2) is 4.98 Å². The van der Waals surface area contributed by atoms with E-state index < -0.39 is 5.95 Å². The normalized spacial score (nSPS) is 16.6. The van der Waals surface area contributed by atoms with E-state index in [1.54, 1.807) is 24.2 Å². The quantitative estimate of drug-likeness (QED) is 0.440. The van der Waals surface area contributed by atoms with Crippen molar-refractivity contribution in [2.24, 2.45) is 0 Å². The van der Waals surface area contributed by atoms with Crippen LogP contribution in [0.2, 0.25) is 0 Å². The van der Waals surface area contributed by atoms with Crippen LogP contribution in [0.15, 0.2) is 42.7 Å². The molecule has 1 fully saturated rings. The molecule has 1 aliphatic heterocycles. The van der Waals surface area contributed by atoms with Gasteiger partial charge in [-0.15, -0.1) is 0 Å². The summed E-state index contributed by atoms with van der Waals surface area (Å²) >= 11 is 0. The van der Waals surface area contributed by atoms with E-state index in [0.717, 1.165) is 65.6 Å². The van der Waals surface area contributed by atoms with Crippen LogP contribution in [0.25, 0.3) is 22.0 Å². The van der Waals surface area contributed by atoms with Gasteiger partial charge in [0.1, 0.15) is 0 Å². The van der Waals surface area contributed by atoms with Crippen LogP contribution in [-0.4, -0.2) is 47.5 Å². The van der Waals surface area contributed by atoms with Gasteiger partial charge in [0.2, 0.25) is 12.4 Å². The van der Waals surface area contributed by atoms with Gasteiger partial charge >= 0.3 is 0 Å². The molecule has 4 rings (SSSR count). The molecule has 0 spiro atoms. The summed E-state index contributed by atoms with van der Waals surface area (Å²) in [6, 6.07) is 9.72. The topological polar surface area (TPSA) is 49.3 Å². The highest BCUT2D eigenvalue weighted by atomic mass is 19.1. The van der Waals surface area contributed by atoms with E-state index >= 15 is 0 Å². The van der Waals surface area contributed by atoms with Gasteiger partial charge < -0.3 is 9.80 Å². The van der Waals surface area contributed by atoms with E-state index in [-0.39, 0.29) is 5.41 Å². The van der Waals surface area contributed by atoms with Crippen LogP contribution in [0.4, 0.5) is 10.1 Å². The average molecular weight is 421 g/mol. The lowest BCUT2D eigenvalue weighted by atomic mass is 9.72. The first kappa shape index (κ1) is 21.4. The number of carbonyl (C=O) groups excluding carboxylic acids is 1. The largest absolute Gasteiger partial charge is 0.316 e. The minimum absolute atomic E-state index is 0.0845. The molecule has 1 saturated heterocycles. The molecular formula is C25H29FN4O. The van der Waals surface area contributed by atoms with E-state index in [0.29, 0.717) is 6.04 Å². The van der Waals surface area contributed by atoms with Crippen molar-refractivity contribution in [2.75, 3.05) is 25.0 Å². The van der Waals surface area contributed by atoms with Crippen molar-refractivity contribution < 1.29 is 9.18 Å². The third-order valence-electron chi connectivity index (χ3n) is 6.68. The zero-order valence-electron chi connectivity index (χ0n) is 18.6. The SMILES string of the molecule is CC(C)N1CCC(C)(c2c(N(C)C=O)cnc3ccc(-c4ccc(F)nc4)cc23)CC1. The highest BCUT2D eigenvalue weighted by Gasteiger charge is 2.36. The smallest absolute Gasteiger partial charge is 0.213 e. The van der Waals surface area contributed by atoms with Crippen LogP contribution in [0.3, 0.4) is 0 Å². The second-order valence-electron chi connectivity index (χ2n) is 9.03. The molecule has 0 bridgehead atoms. The number of piperidine rings is 1. The van der Waals surface area contributed by atoms with Crippen molar-refractivity contribution in [2.45, 2.75) is 45.1 Å². The van der Waals surface area contributed by atoms with Crippen molar-refractivity contribution >= 4 is 23.0 Å². The summed E-state index contributed by atoms with van der Waals surface area (Å²) < 4.78 is 13.3. The van der Waals surface area contributed by atoms with Gasteiger partial charge in [0.15, 0.2) is 0 Å². The van der Waals surface area contributed by atoms with Crippen molar-refractivity contribution in [3.05, 3.63) is 54.2 Å². The number of pyridine rings is 2. The maximum atomic E-state index is 13.3. The Labute approximate surface area is 182 Å². The first-order valence-corrected chi connectivity index (χ1v) is 10.8. The number of fused-ring (bicyclic) bond motifs is 1. The predicted molar refractivity (Wildman–Crippen MR) is 123 cm³/mol. The van der Waals surface area contributed by atoms with Crippen LogP contribution in [0.1, 0.15) is 39.2 Å². The van der Waals surface area contributed by atoms with Crippen LogP contribution in [0.5, 0.6) is 0 Å². The van der Waals surface area contributed by atoms with Gasteiger partial charge in [-0.2, -0.15) is 4.39 Å². The van der Waals surface area contributed by atoms with E-state index in [9.17, 15) is 9.18 Å². The molecule has 162 valence electrons. The number of likely N-dealkylation sites (tertiary alicyclic amines) is 1. The fraction of sp³-hybridized carbons (Fsp3) is 0.400. The van der Waals surface area contributed by atoms with Crippen LogP contribution in [0, 0.1) is 5.95 Å². The maximum absolute atomic E-state index is 13.3. The highest BCUT2D eigenvalue weighted by Crippen LogP contribution is 2.44. The third kappa shape index (κ3) is 4.04. The molecule has 5 nitrogen and oxygen atoms in total. The highest BCUT2D eigenvalue weighted by molar-refractivity contribution is 5.93. The van der Waals surface area contributed by atoms with Crippen LogP contribution < -0.4 is 4.90 Å². The van der Waals surface area contributed by atoms with Crippen molar-refractivity contribution in [1.82, 2.24) is 14.9 Å². The predicted octanol–water partition coefficient (Wildman–Crippen LogP) is 4.79. The summed E-state index contributed by atoms with van der Waals surface area (Å²) in [5, 5.41) is 1.04. The lowest BCUT2D eigenvalue weighted by molar-refractivity contribution is -0.107. The Hall–Kier alpha value is -2.86. The molecule has 3 heterocycles. The molecule has 0 unspecified atom stereocenters. The Kier molecular flexibility index (Phi) is 5.75. The van der Waals surface area contributed by atoms with Gasteiger partial charge in [-0.05, 0) is 80.6 Å². The molecule has 1 aliphatic rings. The minimum Gasteiger partial charge on any atom is -0.316 e. The van der Waals surface area contributed by atoms with Crippen molar-refractivity contribution in [3.8, 4) is 11.1 Å². The molecule has 0 radical (unpaired) electrons. The first-order valence-electron chi connectivity index (χ1n) is 10.8. The first-order chi connectivity index (χ1) is 14.8. The fourth-order valence-corrected chi connectivity index (χ4v) is 4.65.